The number of aromatic nitrogens is 1. The number of aryl methyl sites for hydroxylation is 1. The molecule has 1 aromatic carbocycles. The highest BCUT2D eigenvalue weighted by Gasteiger charge is 2.21. The van der Waals surface area contributed by atoms with Crippen molar-refractivity contribution < 1.29 is 13.2 Å². The average molecular weight is 378 g/mol. The topological polar surface area (TPSA) is 94.3 Å². The molecule has 0 bridgehead atoms. The zero-order valence-electron chi connectivity index (χ0n) is 10.7. The highest BCUT2D eigenvalue weighted by molar-refractivity contribution is 9.10. The van der Waals surface area contributed by atoms with Crippen molar-refractivity contribution >= 4 is 48.1 Å². The van der Waals surface area contributed by atoms with Crippen molar-refractivity contribution in [3.63, 3.8) is 0 Å². The number of methoxy groups -OCH3 is 1. The first-order valence-corrected chi connectivity index (χ1v) is 8.51. The predicted octanol–water partition coefficient (Wildman–Crippen LogP) is 2.61. The maximum atomic E-state index is 12.3. The van der Waals surface area contributed by atoms with Gasteiger partial charge in [-0.1, -0.05) is 27.3 Å². The van der Waals surface area contributed by atoms with E-state index in [1.54, 1.807) is 25.1 Å². The molecule has 9 heteroatoms. The Labute approximate surface area is 129 Å². The standard InChI is InChI=1S/C11H12BrN3O3S2/c1-6-10(19-11(13)14-6)20(16,17)15-8-3-7(12)4-9(5-8)18-2/h3-5,15H,1-2H3,(H2,13,14). The lowest BCUT2D eigenvalue weighted by Gasteiger charge is -2.09. The first kappa shape index (κ1) is 15.1. The van der Waals surface area contributed by atoms with E-state index in [-0.39, 0.29) is 9.34 Å². The fraction of sp³-hybridized carbons (Fsp3) is 0.182. The highest BCUT2D eigenvalue weighted by atomic mass is 79.9. The van der Waals surface area contributed by atoms with Gasteiger partial charge in [0.15, 0.2) is 9.34 Å². The van der Waals surface area contributed by atoms with Gasteiger partial charge in [0.05, 0.1) is 18.5 Å². The number of anilines is 2. The van der Waals surface area contributed by atoms with Crippen LogP contribution < -0.4 is 15.2 Å². The van der Waals surface area contributed by atoms with Crippen LogP contribution in [0.15, 0.2) is 26.9 Å². The summed E-state index contributed by atoms with van der Waals surface area (Å²) in [5, 5.41) is 0.217. The normalized spacial score (nSPS) is 11.3. The summed E-state index contributed by atoms with van der Waals surface area (Å²) in [6.07, 6.45) is 0. The van der Waals surface area contributed by atoms with Crippen molar-refractivity contribution in [3.05, 3.63) is 28.4 Å². The summed E-state index contributed by atoms with van der Waals surface area (Å²) < 4.78 is 33.0. The zero-order chi connectivity index (χ0) is 14.9. The maximum absolute atomic E-state index is 12.3. The van der Waals surface area contributed by atoms with Crippen LogP contribution in [0, 0.1) is 6.92 Å². The molecule has 1 heterocycles. The third kappa shape index (κ3) is 3.22. The van der Waals surface area contributed by atoms with Gasteiger partial charge in [-0.25, -0.2) is 13.4 Å². The molecule has 0 atom stereocenters. The van der Waals surface area contributed by atoms with Crippen molar-refractivity contribution in [3.8, 4) is 5.75 Å². The van der Waals surface area contributed by atoms with Gasteiger partial charge in [-0.3, -0.25) is 4.72 Å². The molecule has 0 aliphatic carbocycles. The molecule has 0 unspecified atom stereocenters. The summed E-state index contributed by atoms with van der Waals surface area (Å²) in [6.45, 7) is 1.60. The average Bonchev–Trinajstić information content (AvgIpc) is 2.67. The number of ether oxygens (including phenoxy) is 1. The van der Waals surface area contributed by atoms with Crippen LogP contribution in [-0.2, 0) is 10.0 Å². The van der Waals surface area contributed by atoms with E-state index in [2.05, 4.69) is 25.6 Å². The molecule has 1 aromatic heterocycles. The monoisotopic (exact) mass is 377 g/mol. The van der Waals surface area contributed by atoms with Gasteiger partial charge in [-0.15, -0.1) is 0 Å². The number of nitrogen functional groups attached to an aromatic ring is 1. The van der Waals surface area contributed by atoms with Gasteiger partial charge in [-0.05, 0) is 19.1 Å². The minimum Gasteiger partial charge on any atom is -0.497 e. The zero-order valence-corrected chi connectivity index (χ0v) is 13.9. The first-order valence-electron chi connectivity index (χ1n) is 5.42. The van der Waals surface area contributed by atoms with Crippen molar-refractivity contribution in [2.24, 2.45) is 0 Å². The minimum absolute atomic E-state index is 0.106. The van der Waals surface area contributed by atoms with E-state index in [1.165, 1.54) is 7.11 Å². The first-order chi connectivity index (χ1) is 9.31. The van der Waals surface area contributed by atoms with Crippen molar-refractivity contribution in [1.82, 2.24) is 4.98 Å². The molecule has 20 heavy (non-hydrogen) atoms. The molecular formula is C11H12BrN3O3S2. The molecule has 0 aliphatic rings. The number of halogens is 1. The lowest BCUT2D eigenvalue weighted by molar-refractivity contribution is 0.415. The minimum atomic E-state index is -3.72. The summed E-state index contributed by atoms with van der Waals surface area (Å²) >= 11 is 4.22. The molecule has 6 nitrogen and oxygen atoms in total. The van der Waals surface area contributed by atoms with E-state index in [0.717, 1.165) is 11.3 Å². The maximum Gasteiger partial charge on any atom is 0.273 e. The second kappa shape index (κ2) is 5.58. The number of sulfonamides is 1. The Bertz CT molecular complexity index is 743. The number of nitrogens with two attached hydrogens (primary N) is 1. The molecule has 0 aliphatic heterocycles. The molecule has 0 fully saturated rings. The van der Waals surface area contributed by atoms with E-state index >= 15 is 0 Å². The third-order valence-corrected chi connectivity index (χ3v) is 5.81. The van der Waals surface area contributed by atoms with Crippen LogP contribution in [0.1, 0.15) is 5.69 Å². The Morgan fingerprint density at radius 3 is 2.65 bits per heavy atom. The quantitative estimate of drug-likeness (QED) is 0.853. The Hall–Kier alpha value is -1.32. The Balaban J connectivity index is 2.38. The summed E-state index contributed by atoms with van der Waals surface area (Å²) in [5.41, 5.74) is 6.30. The SMILES string of the molecule is COc1cc(Br)cc(NS(=O)(=O)c2sc(N)nc2C)c1. The molecule has 0 spiro atoms. The van der Waals surface area contributed by atoms with E-state index < -0.39 is 10.0 Å². The second-order valence-corrected chi connectivity index (χ2v) is 7.73. The van der Waals surface area contributed by atoms with Crippen molar-refractivity contribution in [2.75, 3.05) is 17.6 Å². The number of benzene rings is 1. The highest BCUT2D eigenvalue weighted by Crippen LogP contribution is 2.29. The van der Waals surface area contributed by atoms with E-state index in [9.17, 15) is 8.42 Å². The molecule has 2 rings (SSSR count). The fourth-order valence-corrected chi connectivity index (χ4v) is 4.41. The van der Waals surface area contributed by atoms with Gasteiger partial charge in [-0.2, -0.15) is 0 Å². The number of rotatable bonds is 4. The van der Waals surface area contributed by atoms with Crippen molar-refractivity contribution in [2.45, 2.75) is 11.1 Å². The molecule has 0 radical (unpaired) electrons. The van der Waals surface area contributed by atoms with Crippen LogP contribution in [0.2, 0.25) is 0 Å². The largest absolute Gasteiger partial charge is 0.497 e. The van der Waals surface area contributed by atoms with Crippen LogP contribution in [-0.4, -0.2) is 20.5 Å². The Kier molecular flexibility index (Phi) is 4.21. The smallest absolute Gasteiger partial charge is 0.273 e. The summed E-state index contributed by atoms with van der Waals surface area (Å²) in [7, 11) is -2.21. The molecule has 108 valence electrons. The van der Waals surface area contributed by atoms with Crippen LogP contribution in [0.25, 0.3) is 0 Å². The molecule has 0 saturated carbocycles. The molecule has 0 saturated heterocycles. The van der Waals surface area contributed by atoms with E-state index in [4.69, 9.17) is 10.5 Å². The van der Waals surface area contributed by atoms with Crippen LogP contribution >= 0.6 is 27.3 Å². The number of nitrogens with one attached hydrogen (secondary N) is 1. The van der Waals surface area contributed by atoms with E-state index in [0.29, 0.717) is 21.6 Å². The summed E-state index contributed by atoms with van der Waals surface area (Å²) in [6, 6.07) is 4.95. The van der Waals surface area contributed by atoms with Gasteiger partial charge in [0.25, 0.3) is 10.0 Å². The second-order valence-electron chi connectivity index (χ2n) is 3.91. The van der Waals surface area contributed by atoms with Gasteiger partial charge in [0, 0.05) is 10.5 Å². The lowest BCUT2D eigenvalue weighted by Crippen LogP contribution is -2.12. The van der Waals surface area contributed by atoms with Crippen LogP contribution in [0.5, 0.6) is 5.75 Å². The van der Waals surface area contributed by atoms with Crippen molar-refractivity contribution in [1.29, 1.82) is 0 Å². The number of thiazole rings is 1. The number of nitrogens with zero attached hydrogens (tertiary/aromatic N) is 1. The number of hydrogen-bond donors (Lipinski definition) is 2. The van der Waals surface area contributed by atoms with Gasteiger partial charge in [0.1, 0.15) is 5.75 Å². The fourth-order valence-electron chi connectivity index (χ4n) is 1.59. The Morgan fingerprint density at radius 2 is 2.10 bits per heavy atom. The number of hydrogen-bond acceptors (Lipinski definition) is 6. The Morgan fingerprint density at radius 1 is 1.40 bits per heavy atom. The van der Waals surface area contributed by atoms with Gasteiger partial charge < -0.3 is 10.5 Å². The molecule has 3 N–H and O–H groups in total. The molecular weight excluding hydrogens is 366 g/mol. The predicted molar refractivity (Wildman–Crippen MR) is 82.8 cm³/mol. The van der Waals surface area contributed by atoms with Gasteiger partial charge >= 0.3 is 0 Å². The van der Waals surface area contributed by atoms with Gasteiger partial charge in [0.2, 0.25) is 0 Å². The summed E-state index contributed by atoms with van der Waals surface area (Å²) in [4.78, 5) is 3.91. The molecule has 0 amide bonds. The summed E-state index contributed by atoms with van der Waals surface area (Å²) in [5.74, 6) is 0.539. The third-order valence-electron chi connectivity index (χ3n) is 2.37. The van der Waals surface area contributed by atoms with Crippen LogP contribution in [0.4, 0.5) is 10.8 Å². The van der Waals surface area contributed by atoms with E-state index in [1.807, 2.05) is 0 Å². The lowest BCUT2D eigenvalue weighted by atomic mass is 10.3. The molecule has 2 aromatic rings. The van der Waals surface area contributed by atoms with Crippen LogP contribution in [0.3, 0.4) is 0 Å².